The van der Waals surface area contributed by atoms with Crippen molar-refractivity contribution in [2.75, 3.05) is 0 Å². The number of nitrogens with zero attached hydrogens (tertiary/aromatic N) is 4. The SMILES string of the molecule is Cn1nccc1C1(O)C[C@@H]2CC[C@@H](C1)N2C(=O)c1cc(C2CC2)on1. The van der Waals surface area contributed by atoms with Crippen LogP contribution in [0.2, 0.25) is 0 Å². The van der Waals surface area contributed by atoms with Gasteiger partial charge < -0.3 is 14.5 Å². The summed E-state index contributed by atoms with van der Waals surface area (Å²) in [4.78, 5) is 14.9. The van der Waals surface area contributed by atoms with Gasteiger partial charge in [0.25, 0.3) is 5.91 Å². The molecule has 25 heavy (non-hydrogen) atoms. The van der Waals surface area contributed by atoms with Crippen LogP contribution < -0.4 is 0 Å². The van der Waals surface area contributed by atoms with Crippen LogP contribution in [-0.4, -0.2) is 42.9 Å². The van der Waals surface area contributed by atoms with Gasteiger partial charge in [0.2, 0.25) is 0 Å². The maximum atomic E-state index is 13.0. The average Bonchev–Trinajstić information content (AvgIpc) is 3.01. The van der Waals surface area contributed by atoms with Crippen molar-refractivity contribution < 1.29 is 14.4 Å². The maximum absolute atomic E-state index is 13.0. The molecule has 2 aliphatic heterocycles. The van der Waals surface area contributed by atoms with E-state index in [0.717, 1.165) is 37.1 Å². The molecule has 2 atom stereocenters. The Kier molecular flexibility index (Phi) is 3.13. The normalized spacial score (nSPS) is 31.5. The van der Waals surface area contributed by atoms with Crippen LogP contribution in [0.15, 0.2) is 22.9 Å². The number of hydrogen-bond acceptors (Lipinski definition) is 5. The van der Waals surface area contributed by atoms with Crippen molar-refractivity contribution in [2.45, 2.75) is 62.1 Å². The lowest BCUT2D eigenvalue weighted by Crippen LogP contribution is -2.52. The molecule has 5 rings (SSSR count). The van der Waals surface area contributed by atoms with E-state index in [1.165, 1.54) is 0 Å². The molecule has 3 aliphatic rings. The van der Waals surface area contributed by atoms with Crippen molar-refractivity contribution in [3.05, 3.63) is 35.5 Å². The number of fused-ring (bicyclic) bond motifs is 2. The number of hydrogen-bond donors (Lipinski definition) is 1. The number of carbonyl (C=O) groups is 1. The Labute approximate surface area is 145 Å². The minimum absolute atomic E-state index is 0.0345. The molecule has 7 heteroatoms. The van der Waals surface area contributed by atoms with Crippen LogP contribution in [0.3, 0.4) is 0 Å². The molecule has 2 saturated heterocycles. The largest absolute Gasteiger partial charge is 0.383 e. The number of amides is 1. The van der Waals surface area contributed by atoms with E-state index < -0.39 is 5.60 Å². The van der Waals surface area contributed by atoms with Crippen LogP contribution in [0.4, 0.5) is 0 Å². The average molecular weight is 342 g/mol. The summed E-state index contributed by atoms with van der Waals surface area (Å²) in [6.07, 6.45) is 6.88. The standard InChI is InChI=1S/C18H22N4O3/c1-21-16(6-7-19-21)18(24)9-12-4-5-13(10-18)22(12)17(23)14-8-15(25-20-14)11-2-3-11/h6-8,11-13,24H,2-5,9-10H2,1H3/t12-,13-/m0/s1. The van der Waals surface area contributed by atoms with Crippen LogP contribution in [0.25, 0.3) is 0 Å². The van der Waals surface area contributed by atoms with Gasteiger partial charge in [-0.1, -0.05) is 5.16 Å². The van der Waals surface area contributed by atoms with Gasteiger partial charge in [0.05, 0.1) is 5.69 Å². The Morgan fingerprint density at radius 2 is 2.00 bits per heavy atom. The molecule has 1 aliphatic carbocycles. The first-order valence-corrected chi connectivity index (χ1v) is 9.05. The minimum Gasteiger partial charge on any atom is -0.383 e. The summed E-state index contributed by atoms with van der Waals surface area (Å²) < 4.78 is 7.08. The quantitative estimate of drug-likeness (QED) is 0.921. The Balaban J connectivity index is 1.40. The van der Waals surface area contributed by atoms with Gasteiger partial charge in [-0.05, 0) is 31.7 Å². The Bertz CT molecular complexity index is 808. The van der Waals surface area contributed by atoms with E-state index in [9.17, 15) is 9.90 Å². The second kappa shape index (κ2) is 5.17. The fourth-order valence-corrected chi connectivity index (χ4v) is 4.68. The van der Waals surface area contributed by atoms with Crippen molar-refractivity contribution in [1.82, 2.24) is 19.8 Å². The van der Waals surface area contributed by atoms with Crippen LogP contribution in [-0.2, 0) is 12.6 Å². The Morgan fingerprint density at radius 3 is 2.60 bits per heavy atom. The molecular formula is C18H22N4O3. The highest BCUT2D eigenvalue weighted by Crippen LogP contribution is 2.46. The van der Waals surface area contributed by atoms with Crippen LogP contribution >= 0.6 is 0 Å². The third kappa shape index (κ3) is 2.33. The Hall–Kier alpha value is -2.15. The first kappa shape index (κ1) is 15.1. The minimum atomic E-state index is -0.920. The highest BCUT2D eigenvalue weighted by Gasteiger charge is 2.51. The summed E-state index contributed by atoms with van der Waals surface area (Å²) in [7, 11) is 1.85. The molecule has 0 unspecified atom stereocenters. The van der Waals surface area contributed by atoms with Crippen LogP contribution in [0.1, 0.15) is 66.4 Å². The summed E-state index contributed by atoms with van der Waals surface area (Å²) in [5.41, 5.74) is 0.315. The highest BCUT2D eigenvalue weighted by molar-refractivity contribution is 5.93. The molecule has 0 radical (unpaired) electrons. The Morgan fingerprint density at radius 1 is 1.28 bits per heavy atom. The molecule has 1 saturated carbocycles. The third-order valence-corrected chi connectivity index (χ3v) is 6.03. The smallest absolute Gasteiger partial charge is 0.276 e. The molecule has 2 aromatic rings. The van der Waals surface area contributed by atoms with Gasteiger partial charge >= 0.3 is 0 Å². The van der Waals surface area contributed by atoms with Gasteiger partial charge in [-0.15, -0.1) is 0 Å². The molecule has 7 nitrogen and oxygen atoms in total. The predicted molar refractivity (Wildman–Crippen MR) is 87.8 cm³/mol. The van der Waals surface area contributed by atoms with Gasteiger partial charge in [-0.3, -0.25) is 9.48 Å². The summed E-state index contributed by atoms with van der Waals surface area (Å²) >= 11 is 0. The van der Waals surface area contributed by atoms with Crippen LogP contribution in [0, 0.1) is 0 Å². The zero-order valence-corrected chi connectivity index (χ0v) is 14.3. The number of piperidine rings is 1. The van der Waals surface area contributed by atoms with Crippen molar-refractivity contribution >= 4 is 5.91 Å². The van der Waals surface area contributed by atoms with E-state index in [1.807, 2.05) is 18.0 Å². The van der Waals surface area contributed by atoms with E-state index in [2.05, 4.69) is 10.3 Å². The molecule has 0 spiro atoms. The summed E-state index contributed by atoms with van der Waals surface area (Å²) in [5, 5.41) is 19.4. The number of rotatable bonds is 3. The molecule has 4 heterocycles. The molecule has 2 aromatic heterocycles. The zero-order valence-electron chi connectivity index (χ0n) is 14.3. The number of carbonyl (C=O) groups excluding carboxylic acids is 1. The number of aromatic nitrogens is 3. The van der Waals surface area contributed by atoms with E-state index in [-0.39, 0.29) is 18.0 Å². The third-order valence-electron chi connectivity index (χ3n) is 6.03. The van der Waals surface area contributed by atoms with E-state index in [0.29, 0.717) is 24.5 Å². The molecule has 1 amide bonds. The van der Waals surface area contributed by atoms with Crippen molar-refractivity contribution in [3.8, 4) is 0 Å². The van der Waals surface area contributed by atoms with Gasteiger partial charge in [0.1, 0.15) is 11.4 Å². The topological polar surface area (TPSA) is 84.4 Å². The molecule has 3 fully saturated rings. The second-order valence-electron chi connectivity index (χ2n) is 7.77. The first-order chi connectivity index (χ1) is 12.0. The molecule has 0 aromatic carbocycles. The van der Waals surface area contributed by atoms with E-state index >= 15 is 0 Å². The lowest BCUT2D eigenvalue weighted by molar-refractivity contribution is -0.0532. The van der Waals surface area contributed by atoms with Gasteiger partial charge in [0.15, 0.2) is 5.69 Å². The summed E-state index contributed by atoms with van der Waals surface area (Å²) in [6, 6.07) is 3.75. The predicted octanol–water partition coefficient (Wildman–Crippen LogP) is 1.94. The lowest BCUT2D eigenvalue weighted by Gasteiger charge is -2.43. The number of aryl methyl sites for hydroxylation is 1. The molecule has 2 bridgehead atoms. The van der Waals surface area contributed by atoms with Crippen LogP contribution in [0.5, 0.6) is 0 Å². The van der Waals surface area contributed by atoms with Gasteiger partial charge in [-0.25, -0.2) is 0 Å². The maximum Gasteiger partial charge on any atom is 0.276 e. The van der Waals surface area contributed by atoms with Crippen molar-refractivity contribution in [2.24, 2.45) is 7.05 Å². The summed E-state index contributed by atoms with van der Waals surface area (Å²) in [6.45, 7) is 0. The molecular weight excluding hydrogens is 320 g/mol. The fraction of sp³-hybridized carbons (Fsp3) is 0.611. The molecule has 132 valence electrons. The first-order valence-electron chi connectivity index (χ1n) is 9.05. The summed E-state index contributed by atoms with van der Waals surface area (Å²) in [5.74, 6) is 1.22. The fourth-order valence-electron chi connectivity index (χ4n) is 4.68. The molecule has 1 N–H and O–H groups in total. The lowest BCUT2D eigenvalue weighted by atomic mass is 9.83. The zero-order chi connectivity index (χ0) is 17.2. The highest BCUT2D eigenvalue weighted by atomic mass is 16.5. The van der Waals surface area contributed by atoms with Crippen molar-refractivity contribution in [1.29, 1.82) is 0 Å². The van der Waals surface area contributed by atoms with E-state index in [1.54, 1.807) is 16.9 Å². The van der Waals surface area contributed by atoms with Gasteiger partial charge in [-0.2, -0.15) is 5.10 Å². The van der Waals surface area contributed by atoms with E-state index in [4.69, 9.17) is 4.52 Å². The second-order valence-corrected chi connectivity index (χ2v) is 7.77. The number of aliphatic hydroxyl groups is 1. The van der Waals surface area contributed by atoms with Crippen molar-refractivity contribution in [3.63, 3.8) is 0 Å². The monoisotopic (exact) mass is 342 g/mol. The van der Waals surface area contributed by atoms with Gasteiger partial charge in [0, 0.05) is 50.2 Å².